The maximum absolute atomic E-state index is 11.2. The van der Waals surface area contributed by atoms with Crippen LogP contribution in [0.5, 0.6) is 0 Å². The Morgan fingerprint density at radius 2 is 1.88 bits per heavy atom. The quantitative estimate of drug-likeness (QED) is 0.923. The molecule has 6 heteroatoms. The fourth-order valence-corrected chi connectivity index (χ4v) is 1.70. The molecule has 0 aliphatic heterocycles. The number of aliphatic carboxylic acids is 1. The molecule has 4 nitrogen and oxygen atoms in total. The highest BCUT2D eigenvalue weighted by Crippen LogP contribution is 2.28. The van der Waals surface area contributed by atoms with Crippen LogP contribution in [0.2, 0.25) is 10.0 Å². The number of rotatable bonds is 3. The molecule has 0 aliphatic carbocycles. The summed E-state index contributed by atoms with van der Waals surface area (Å²) in [5, 5.41) is 9.73. The molecule has 17 heavy (non-hydrogen) atoms. The van der Waals surface area contributed by atoms with Crippen LogP contribution in [0.3, 0.4) is 0 Å². The highest BCUT2D eigenvalue weighted by Gasteiger charge is 2.26. The number of likely N-dealkylation sites (N-methyl/N-ethyl adjacent to an activating group) is 1. The van der Waals surface area contributed by atoms with Gasteiger partial charge in [0.2, 0.25) is 5.91 Å². The molecule has 0 saturated carbocycles. The van der Waals surface area contributed by atoms with E-state index in [0.717, 1.165) is 4.90 Å². The summed E-state index contributed by atoms with van der Waals surface area (Å²) in [6.45, 7) is 1.30. The molecule has 0 bridgehead atoms. The lowest BCUT2D eigenvalue weighted by Gasteiger charge is -2.24. The summed E-state index contributed by atoms with van der Waals surface area (Å²) in [7, 11) is 1.42. The fourth-order valence-electron chi connectivity index (χ4n) is 1.40. The van der Waals surface area contributed by atoms with E-state index in [1.165, 1.54) is 32.2 Å². The standard InChI is InChI=1S/C11H11Cl2NO3/c1-6(15)14(2)10(11(16)17)7-3-4-8(12)9(13)5-7/h3-5,10H,1-2H3,(H,16,17). The van der Waals surface area contributed by atoms with Gasteiger partial charge in [0.15, 0.2) is 6.04 Å². The largest absolute Gasteiger partial charge is 0.479 e. The van der Waals surface area contributed by atoms with E-state index < -0.39 is 12.0 Å². The SMILES string of the molecule is CC(=O)N(C)C(C(=O)O)c1ccc(Cl)c(Cl)c1. The lowest BCUT2D eigenvalue weighted by Crippen LogP contribution is -2.34. The van der Waals surface area contributed by atoms with Crippen molar-refractivity contribution in [2.24, 2.45) is 0 Å². The number of benzene rings is 1. The smallest absolute Gasteiger partial charge is 0.331 e. The lowest BCUT2D eigenvalue weighted by molar-refractivity contribution is -0.148. The number of carbonyl (C=O) groups is 2. The van der Waals surface area contributed by atoms with Crippen molar-refractivity contribution in [1.82, 2.24) is 4.90 Å². The number of carbonyl (C=O) groups excluding carboxylic acids is 1. The van der Waals surface area contributed by atoms with E-state index in [9.17, 15) is 9.59 Å². The predicted molar refractivity (Wildman–Crippen MR) is 65.3 cm³/mol. The number of hydrogen-bond acceptors (Lipinski definition) is 2. The third-order valence-electron chi connectivity index (χ3n) is 2.38. The molecule has 1 aromatic rings. The first-order valence-corrected chi connectivity index (χ1v) is 5.51. The fraction of sp³-hybridized carbons (Fsp3) is 0.273. The van der Waals surface area contributed by atoms with Crippen LogP contribution in [-0.4, -0.2) is 28.9 Å². The van der Waals surface area contributed by atoms with Crippen molar-refractivity contribution < 1.29 is 14.7 Å². The minimum absolute atomic E-state index is 0.257. The molecule has 1 rings (SSSR count). The molecule has 0 aliphatic rings. The summed E-state index contributed by atoms with van der Waals surface area (Å²) in [6.07, 6.45) is 0. The van der Waals surface area contributed by atoms with Gasteiger partial charge in [-0.05, 0) is 17.7 Å². The van der Waals surface area contributed by atoms with Gasteiger partial charge in [0, 0.05) is 14.0 Å². The van der Waals surface area contributed by atoms with Gasteiger partial charge in [0.05, 0.1) is 10.0 Å². The number of amides is 1. The average Bonchev–Trinajstić information content (AvgIpc) is 2.22. The van der Waals surface area contributed by atoms with E-state index in [4.69, 9.17) is 28.3 Å². The average molecular weight is 276 g/mol. The second-order valence-electron chi connectivity index (χ2n) is 3.54. The van der Waals surface area contributed by atoms with Gasteiger partial charge < -0.3 is 10.0 Å². The zero-order chi connectivity index (χ0) is 13.2. The van der Waals surface area contributed by atoms with E-state index in [1.807, 2.05) is 0 Å². The van der Waals surface area contributed by atoms with Crippen molar-refractivity contribution in [3.63, 3.8) is 0 Å². The molecule has 1 N–H and O–H groups in total. The van der Waals surface area contributed by atoms with Crippen LogP contribution >= 0.6 is 23.2 Å². The summed E-state index contributed by atoms with van der Waals surface area (Å²) in [6, 6.07) is 3.42. The third-order valence-corrected chi connectivity index (χ3v) is 3.12. The molecule has 92 valence electrons. The Hall–Kier alpha value is -1.26. The molecule has 1 unspecified atom stereocenters. The van der Waals surface area contributed by atoms with Gasteiger partial charge >= 0.3 is 5.97 Å². The lowest BCUT2D eigenvalue weighted by atomic mass is 10.1. The van der Waals surface area contributed by atoms with Crippen LogP contribution in [0.25, 0.3) is 0 Å². The van der Waals surface area contributed by atoms with Crippen LogP contribution in [0.1, 0.15) is 18.5 Å². The van der Waals surface area contributed by atoms with Gasteiger partial charge in [-0.1, -0.05) is 29.3 Å². The zero-order valence-corrected chi connectivity index (χ0v) is 10.8. The van der Waals surface area contributed by atoms with E-state index in [0.29, 0.717) is 10.6 Å². The van der Waals surface area contributed by atoms with Crippen LogP contribution in [-0.2, 0) is 9.59 Å². The van der Waals surface area contributed by atoms with Crippen LogP contribution in [0, 0.1) is 0 Å². The number of carboxylic acids is 1. The third kappa shape index (κ3) is 3.11. The first-order chi connectivity index (χ1) is 7.84. The number of nitrogens with zero attached hydrogens (tertiary/aromatic N) is 1. The Balaban J connectivity index is 3.19. The van der Waals surface area contributed by atoms with Gasteiger partial charge in [-0.2, -0.15) is 0 Å². The molecule has 0 fully saturated rings. The van der Waals surface area contributed by atoms with Gasteiger partial charge in [0.25, 0.3) is 0 Å². The zero-order valence-electron chi connectivity index (χ0n) is 9.28. The van der Waals surface area contributed by atoms with Crippen molar-refractivity contribution in [3.8, 4) is 0 Å². The van der Waals surface area contributed by atoms with Gasteiger partial charge in [-0.3, -0.25) is 4.79 Å². The van der Waals surface area contributed by atoms with Gasteiger partial charge in [-0.15, -0.1) is 0 Å². The molecule has 0 aromatic heterocycles. The Labute approximate surface area is 109 Å². The normalized spacial score (nSPS) is 12.0. The molecule has 1 amide bonds. The number of halogens is 2. The van der Waals surface area contributed by atoms with Crippen molar-refractivity contribution in [1.29, 1.82) is 0 Å². The predicted octanol–water partition coefficient (Wildman–Crippen LogP) is 2.60. The monoisotopic (exact) mass is 275 g/mol. The highest BCUT2D eigenvalue weighted by molar-refractivity contribution is 6.42. The first kappa shape index (κ1) is 13.8. The van der Waals surface area contributed by atoms with Crippen LogP contribution in [0.15, 0.2) is 18.2 Å². The molecular weight excluding hydrogens is 265 g/mol. The Morgan fingerprint density at radius 1 is 1.29 bits per heavy atom. The number of hydrogen-bond donors (Lipinski definition) is 1. The maximum atomic E-state index is 11.2. The molecule has 0 saturated heterocycles. The first-order valence-electron chi connectivity index (χ1n) is 4.75. The summed E-state index contributed by atoms with van der Waals surface area (Å²) in [5.41, 5.74) is 0.407. The second-order valence-corrected chi connectivity index (χ2v) is 4.36. The molecule has 0 heterocycles. The number of carboxylic acid groups (broad SMARTS) is 1. The minimum Gasteiger partial charge on any atom is -0.479 e. The maximum Gasteiger partial charge on any atom is 0.331 e. The molecule has 0 spiro atoms. The summed E-state index contributed by atoms with van der Waals surface area (Å²) < 4.78 is 0. The van der Waals surface area contributed by atoms with E-state index in [1.54, 1.807) is 0 Å². The van der Waals surface area contributed by atoms with Crippen LogP contribution < -0.4 is 0 Å². The molecule has 1 aromatic carbocycles. The van der Waals surface area contributed by atoms with Gasteiger partial charge in [0.1, 0.15) is 0 Å². The summed E-state index contributed by atoms with van der Waals surface area (Å²) in [4.78, 5) is 23.5. The molecule has 0 radical (unpaired) electrons. The van der Waals surface area contributed by atoms with Crippen molar-refractivity contribution >= 4 is 35.1 Å². The van der Waals surface area contributed by atoms with E-state index in [-0.39, 0.29) is 10.9 Å². The Kier molecular flexibility index (Phi) is 4.37. The van der Waals surface area contributed by atoms with Crippen molar-refractivity contribution in [3.05, 3.63) is 33.8 Å². The molecule has 1 atom stereocenters. The van der Waals surface area contributed by atoms with E-state index in [2.05, 4.69) is 0 Å². The Morgan fingerprint density at radius 3 is 2.29 bits per heavy atom. The summed E-state index contributed by atoms with van der Waals surface area (Å²) >= 11 is 11.6. The van der Waals surface area contributed by atoms with E-state index >= 15 is 0 Å². The Bertz CT molecular complexity index is 462. The minimum atomic E-state index is -1.12. The second kappa shape index (κ2) is 5.38. The van der Waals surface area contributed by atoms with Gasteiger partial charge in [-0.25, -0.2) is 4.79 Å². The molecular formula is C11H11Cl2NO3. The topological polar surface area (TPSA) is 57.6 Å². The highest BCUT2D eigenvalue weighted by atomic mass is 35.5. The van der Waals surface area contributed by atoms with Crippen molar-refractivity contribution in [2.75, 3.05) is 7.05 Å². The van der Waals surface area contributed by atoms with Crippen LogP contribution in [0.4, 0.5) is 0 Å². The summed E-state index contributed by atoms with van der Waals surface area (Å²) in [5.74, 6) is -1.47. The van der Waals surface area contributed by atoms with Crippen molar-refractivity contribution in [2.45, 2.75) is 13.0 Å².